The van der Waals surface area contributed by atoms with Gasteiger partial charge in [0.1, 0.15) is 0 Å². The first-order valence-corrected chi connectivity index (χ1v) is 6.28. The molecule has 5 heteroatoms. The minimum Gasteiger partial charge on any atom is -0.336 e. The number of nitrogens with two attached hydrogens (primary N) is 1. The molecule has 0 saturated carbocycles. The zero-order valence-electron chi connectivity index (χ0n) is 9.82. The maximum Gasteiger partial charge on any atom is 0.317 e. The monoisotopic (exact) mass is 226 g/mol. The minimum absolute atomic E-state index is 0.125. The zero-order valence-corrected chi connectivity index (χ0v) is 9.82. The second-order valence-corrected chi connectivity index (χ2v) is 4.64. The SMILES string of the molecule is NCCCN1CCC(N2CCNC2=O)CC1. The molecule has 0 unspecified atom stereocenters. The van der Waals surface area contributed by atoms with Gasteiger partial charge in [-0.25, -0.2) is 4.79 Å². The second kappa shape index (κ2) is 5.50. The van der Waals surface area contributed by atoms with Crippen molar-refractivity contribution in [3.8, 4) is 0 Å². The van der Waals surface area contributed by atoms with Gasteiger partial charge in [0, 0.05) is 32.2 Å². The van der Waals surface area contributed by atoms with Crippen molar-refractivity contribution in [2.24, 2.45) is 5.73 Å². The maximum absolute atomic E-state index is 11.5. The number of nitrogens with one attached hydrogen (secondary N) is 1. The Kier molecular flexibility index (Phi) is 4.01. The van der Waals surface area contributed by atoms with Crippen molar-refractivity contribution >= 4 is 6.03 Å². The second-order valence-electron chi connectivity index (χ2n) is 4.64. The van der Waals surface area contributed by atoms with E-state index in [1.54, 1.807) is 0 Å². The van der Waals surface area contributed by atoms with Gasteiger partial charge < -0.3 is 20.9 Å². The minimum atomic E-state index is 0.125. The Morgan fingerprint density at radius 1 is 1.31 bits per heavy atom. The third-order valence-electron chi connectivity index (χ3n) is 3.57. The van der Waals surface area contributed by atoms with Gasteiger partial charge in [0.05, 0.1) is 0 Å². The molecule has 92 valence electrons. The highest BCUT2D eigenvalue weighted by atomic mass is 16.2. The summed E-state index contributed by atoms with van der Waals surface area (Å²) < 4.78 is 0. The van der Waals surface area contributed by atoms with Crippen molar-refractivity contribution in [2.75, 3.05) is 39.3 Å². The van der Waals surface area contributed by atoms with E-state index in [1.807, 2.05) is 4.90 Å². The van der Waals surface area contributed by atoms with Gasteiger partial charge in [0.2, 0.25) is 0 Å². The molecule has 2 amide bonds. The summed E-state index contributed by atoms with van der Waals surface area (Å²) in [5, 5.41) is 2.87. The molecule has 0 aliphatic carbocycles. The van der Waals surface area contributed by atoms with Crippen LogP contribution in [0.5, 0.6) is 0 Å². The predicted octanol–water partition coefficient (Wildman–Crippen LogP) is -0.175. The molecule has 0 bridgehead atoms. The van der Waals surface area contributed by atoms with Crippen molar-refractivity contribution in [3.05, 3.63) is 0 Å². The van der Waals surface area contributed by atoms with E-state index in [0.29, 0.717) is 6.04 Å². The van der Waals surface area contributed by atoms with Crippen molar-refractivity contribution in [3.63, 3.8) is 0 Å². The number of likely N-dealkylation sites (tertiary alicyclic amines) is 1. The Morgan fingerprint density at radius 2 is 2.06 bits per heavy atom. The first-order chi connectivity index (χ1) is 7.81. The summed E-state index contributed by atoms with van der Waals surface area (Å²) >= 11 is 0. The predicted molar refractivity (Wildman–Crippen MR) is 63.2 cm³/mol. The summed E-state index contributed by atoms with van der Waals surface area (Å²) in [5.41, 5.74) is 5.50. The van der Waals surface area contributed by atoms with Gasteiger partial charge in [0.15, 0.2) is 0 Å². The number of carbonyl (C=O) groups excluding carboxylic acids is 1. The number of piperidine rings is 1. The first-order valence-electron chi connectivity index (χ1n) is 6.28. The Hall–Kier alpha value is -0.810. The number of rotatable bonds is 4. The van der Waals surface area contributed by atoms with E-state index in [9.17, 15) is 4.79 Å². The van der Waals surface area contributed by atoms with Crippen LogP contribution in [0.1, 0.15) is 19.3 Å². The van der Waals surface area contributed by atoms with Gasteiger partial charge in [-0.05, 0) is 32.4 Å². The van der Waals surface area contributed by atoms with E-state index >= 15 is 0 Å². The highest BCUT2D eigenvalue weighted by Gasteiger charge is 2.30. The Balaban J connectivity index is 1.74. The maximum atomic E-state index is 11.5. The summed E-state index contributed by atoms with van der Waals surface area (Å²) in [6, 6.07) is 0.581. The van der Waals surface area contributed by atoms with Crippen molar-refractivity contribution in [1.29, 1.82) is 0 Å². The molecule has 0 aromatic rings. The largest absolute Gasteiger partial charge is 0.336 e. The molecule has 2 heterocycles. The van der Waals surface area contributed by atoms with Gasteiger partial charge in [-0.15, -0.1) is 0 Å². The molecular formula is C11H22N4O. The molecule has 2 aliphatic heterocycles. The highest BCUT2D eigenvalue weighted by molar-refractivity contribution is 5.76. The molecule has 0 aromatic carbocycles. The van der Waals surface area contributed by atoms with Crippen molar-refractivity contribution in [1.82, 2.24) is 15.1 Å². The molecule has 0 radical (unpaired) electrons. The van der Waals surface area contributed by atoms with E-state index in [1.165, 1.54) is 0 Å². The standard InChI is InChI=1S/C11H22N4O/c12-4-1-6-14-7-2-10(3-8-14)15-9-5-13-11(15)16/h10H,1-9,12H2,(H,13,16). The Morgan fingerprint density at radius 3 is 2.62 bits per heavy atom. The van der Waals surface area contributed by atoms with Crippen LogP contribution in [0.4, 0.5) is 4.79 Å². The highest BCUT2D eigenvalue weighted by Crippen LogP contribution is 2.18. The van der Waals surface area contributed by atoms with Crippen LogP contribution in [0.3, 0.4) is 0 Å². The van der Waals surface area contributed by atoms with Crippen LogP contribution in [0, 0.1) is 0 Å². The molecule has 5 nitrogen and oxygen atoms in total. The fraction of sp³-hybridized carbons (Fsp3) is 0.909. The summed E-state index contributed by atoms with van der Waals surface area (Å²) in [6.45, 7) is 5.78. The van der Waals surface area contributed by atoms with Crippen LogP contribution >= 0.6 is 0 Å². The molecule has 2 saturated heterocycles. The molecule has 0 spiro atoms. The molecule has 0 atom stereocenters. The van der Waals surface area contributed by atoms with Gasteiger partial charge in [-0.2, -0.15) is 0 Å². The molecule has 16 heavy (non-hydrogen) atoms. The fourth-order valence-corrected chi connectivity index (χ4v) is 2.60. The van der Waals surface area contributed by atoms with Crippen LogP contribution < -0.4 is 11.1 Å². The normalized spacial score (nSPS) is 23.8. The molecule has 2 aliphatic rings. The van der Waals surface area contributed by atoms with E-state index in [0.717, 1.165) is 58.5 Å². The molecule has 0 aromatic heterocycles. The van der Waals surface area contributed by atoms with Gasteiger partial charge in [0.25, 0.3) is 0 Å². The summed E-state index contributed by atoms with van der Waals surface area (Å²) in [5.74, 6) is 0. The van der Waals surface area contributed by atoms with Gasteiger partial charge in [-0.1, -0.05) is 0 Å². The quantitative estimate of drug-likeness (QED) is 0.699. The lowest BCUT2D eigenvalue weighted by Gasteiger charge is -2.36. The lowest BCUT2D eigenvalue weighted by Crippen LogP contribution is -2.46. The molecule has 2 rings (SSSR count). The van der Waals surface area contributed by atoms with E-state index in [2.05, 4.69) is 10.2 Å². The number of amides is 2. The van der Waals surface area contributed by atoms with E-state index in [4.69, 9.17) is 5.73 Å². The molecule has 2 fully saturated rings. The average Bonchev–Trinajstić information content (AvgIpc) is 2.74. The number of hydrogen-bond acceptors (Lipinski definition) is 3. The number of urea groups is 1. The first kappa shape index (κ1) is 11.7. The number of hydrogen-bond donors (Lipinski definition) is 2. The summed E-state index contributed by atoms with van der Waals surface area (Å²) in [6.07, 6.45) is 3.30. The summed E-state index contributed by atoms with van der Waals surface area (Å²) in [7, 11) is 0. The Bertz CT molecular complexity index is 238. The third-order valence-corrected chi connectivity index (χ3v) is 3.57. The zero-order chi connectivity index (χ0) is 11.4. The van der Waals surface area contributed by atoms with Crippen molar-refractivity contribution < 1.29 is 4.79 Å². The Labute approximate surface area is 96.9 Å². The van der Waals surface area contributed by atoms with Crippen LogP contribution in [-0.2, 0) is 0 Å². The molecular weight excluding hydrogens is 204 g/mol. The smallest absolute Gasteiger partial charge is 0.317 e. The fourth-order valence-electron chi connectivity index (χ4n) is 2.60. The van der Waals surface area contributed by atoms with E-state index in [-0.39, 0.29) is 6.03 Å². The van der Waals surface area contributed by atoms with Crippen LogP contribution in [0.2, 0.25) is 0 Å². The van der Waals surface area contributed by atoms with Crippen LogP contribution in [0.25, 0.3) is 0 Å². The van der Waals surface area contributed by atoms with Crippen LogP contribution in [0.15, 0.2) is 0 Å². The number of nitrogens with zero attached hydrogens (tertiary/aromatic N) is 2. The average molecular weight is 226 g/mol. The number of carbonyl (C=O) groups is 1. The lowest BCUT2D eigenvalue weighted by atomic mass is 10.0. The lowest BCUT2D eigenvalue weighted by molar-refractivity contribution is 0.135. The molecule has 3 N–H and O–H groups in total. The van der Waals surface area contributed by atoms with E-state index < -0.39 is 0 Å². The summed E-state index contributed by atoms with van der Waals surface area (Å²) in [4.78, 5) is 16.0. The third kappa shape index (κ3) is 2.65. The topological polar surface area (TPSA) is 61.6 Å². The van der Waals surface area contributed by atoms with Crippen LogP contribution in [-0.4, -0.2) is 61.1 Å². The van der Waals surface area contributed by atoms with Crippen molar-refractivity contribution in [2.45, 2.75) is 25.3 Å². The van der Waals surface area contributed by atoms with Gasteiger partial charge in [-0.3, -0.25) is 0 Å². The van der Waals surface area contributed by atoms with Gasteiger partial charge >= 0.3 is 6.03 Å².